The third-order valence-electron chi connectivity index (χ3n) is 5.17. The fraction of sp³-hybridized carbons (Fsp3) is 0.409. The largest absolute Gasteiger partial charge is 0.494 e. The summed E-state index contributed by atoms with van der Waals surface area (Å²) in [7, 11) is 0. The molecule has 152 valence electrons. The minimum Gasteiger partial charge on any atom is -0.494 e. The smallest absolute Gasteiger partial charge is 0.174 e. The second kappa shape index (κ2) is 8.61. The first kappa shape index (κ1) is 19.4. The van der Waals surface area contributed by atoms with Crippen LogP contribution in [0.2, 0.25) is 0 Å². The van der Waals surface area contributed by atoms with Crippen LogP contribution in [0.5, 0.6) is 5.75 Å². The molecule has 0 amide bonds. The number of ether oxygens (including phenoxy) is 1. The van der Waals surface area contributed by atoms with Gasteiger partial charge in [0, 0.05) is 38.4 Å². The van der Waals surface area contributed by atoms with Gasteiger partial charge in [-0.05, 0) is 44.5 Å². The number of hydrogen-bond acceptors (Lipinski definition) is 6. The lowest BCUT2D eigenvalue weighted by Gasteiger charge is -2.35. The molecule has 3 heterocycles. The van der Waals surface area contributed by atoms with Crippen molar-refractivity contribution in [2.24, 2.45) is 0 Å². The molecule has 0 radical (unpaired) electrons. The lowest BCUT2D eigenvalue weighted by Crippen LogP contribution is -2.46. The van der Waals surface area contributed by atoms with Gasteiger partial charge in [-0.2, -0.15) is 5.10 Å². The van der Waals surface area contributed by atoms with Gasteiger partial charge in [0.15, 0.2) is 5.82 Å². The molecule has 1 aromatic carbocycles. The Morgan fingerprint density at radius 3 is 2.34 bits per heavy atom. The predicted octanol–water partition coefficient (Wildman–Crippen LogP) is 3.00. The summed E-state index contributed by atoms with van der Waals surface area (Å²) in [6, 6.07) is 10.5. The second-order valence-corrected chi connectivity index (χ2v) is 7.41. The lowest BCUT2D eigenvalue weighted by atomic mass is 10.2. The van der Waals surface area contributed by atoms with Crippen LogP contribution < -0.4 is 9.64 Å². The molecule has 1 saturated heterocycles. The van der Waals surface area contributed by atoms with Gasteiger partial charge in [-0.3, -0.25) is 9.88 Å². The zero-order valence-electron chi connectivity index (χ0n) is 17.4. The summed E-state index contributed by atoms with van der Waals surface area (Å²) < 4.78 is 7.38. The second-order valence-electron chi connectivity index (χ2n) is 7.41. The maximum Gasteiger partial charge on any atom is 0.174 e. The van der Waals surface area contributed by atoms with Crippen molar-refractivity contribution in [2.75, 3.05) is 37.7 Å². The van der Waals surface area contributed by atoms with Crippen molar-refractivity contribution in [1.29, 1.82) is 0 Å². The van der Waals surface area contributed by atoms with Crippen LogP contribution in [0, 0.1) is 13.8 Å². The zero-order valence-corrected chi connectivity index (χ0v) is 17.4. The summed E-state index contributed by atoms with van der Waals surface area (Å²) in [5.41, 5.74) is 3.36. The molecule has 0 aliphatic carbocycles. The van der Waals surface area contributed by atoms with Crippen molar-refractivity contribution < 1.29 is 4.74 Å². The van der Waals surface area contributed by atoms with Crippen molar-refractivity contribution in [3.63, 3.8) is 0 Å². The molecule has 0 saturated carbocycles. The fourth-order valence-electron chi connectivity index (χ4n) is 3.71. The summed E-state index contributed by atoms with van der Waals surface area (Å²) in [4.78, 5) is 14.0. The van der Waals surface area contributed by atoms with E-state index in [-0.39, 0.29) is 0 Å². The molecule has 3 aromatic rings. The Labute approximate surface area is 172 Å². The van der Waals surface area contributed by atoms with Crippen LogP contribution in [-0.2, 0) is 6.54 Å². The van der Waals surface area contributed by atoms with Crippen LogP contribution in [0.4, 0.5) is 5.82 Å². The van der Waals surface area contributed by atoms with Gasteiger partial charge in [-0.25, -0.2) is 9.67 Å². The Balaban J connectivity index is 1.37. The van der Waals surface area contributed by atoms with Gasteiger partial charge in [0.2, 0.25) is 0 Å². The molecule has 0 atom stereocenters. The lowest BCUT2D eigenvalue weighted by molar-refractivity contribution is 0.249. The highest BCUT2D eigenvalue weighted by atomic mass is 16.5. The summed E-state index contributed by atoms with van der Waals surface area (Å²) in [6.07, 6.45) is 3.61. The van der Waals surface area contributed by atoms with E-state index in [0.29, 0.717) is 6.61 Å². The number of nitrogens with zero attached hydrogens (tertiary/aromatic N) is 6. The highest BCUT2D eigenvalue weighted by Gasteiger charge is 2.19. The third kappa shape index (κ3) is 4.56. The third-order valence-corrected chi connectivity index (χ3v) is 5.17. The van der Waals surface area contributed by atoms with Crippen LogP contribution >= 0.6 is 0 Å². The van der Waals surface area contributed by atoms with Gasteiger partial charge in [-0.15, -0.1) is 0 Å². The molecular weight excluding hydrogens is 364 g/mol. The summed E-state index contributed by atoms with van der Waals surface area (Å²) >= 11 is 0. The summed E-state index contributed by atoms with van der Waals surface area (Å²) in [6.45, 7) is 11.6. The van der Waals surface area contributed by atoms with Crippen molar-refractivity contribution in [1.82, 2.24) is 24.6 Å². The molecule has 0 spiro atoms. The van der Waals surface area contributed by atoms with E-state index in [1.54, 1.807) is 6.20 Å². The number of piperazine rings is 1. The van der Waals surface area contributed by atoms with E-state index < -0.39 is 0 Å². The van der Waals surface area contributed by atoms with Crippen molar-refractivity contribution in [3.05, 3.63) is 59.7 Å². The monoisotopic (exact) mass is 392 g/mol. The molecule has 7 nitrogen and oxygen atoms in total. The van der Waals surface area contributed by atoms with E-state index >= 15 is 0 Å². The van der Waals surface area contributed by atoms with E-state index in [4.69, 9.17) is 9.72 Å². The van der Waals surface area contributed by atoms with E-state index in [1.807, 2.05) is 37.7 Å². The average Bonchev–Trinajstić information content (AvgIpc) is 3.08. The van der Waals surface area contributed by atoms with Gasteiger partial charge in [-0.1, -0.05) is 12.1 Å². The number of anilines is 1. The molecule has 0 unspecified atom stereocenters. The van der Waals surface area contributed by atoms with E-state index in [1.165, 1.54) is 5.56 Å². The van der Waals surface area contributed by atoms with E-state index in [0.717, 1.165) is 61.5 Å². The Hall–Kier alpha value is -2.93. The number of benzene rings is 1. The number of hydrogen-bond donors (Lipinski definition) is 0. The average molecular weight is 393 g/mol. The van der Waals surface area contributed by atoms with Gasteiger partial charge in [0.1, 0.15) is 11.6 Å². The first-order valence-electron chi connectivity index (χ1n) is 10.2. The Kier molecular flexibility index (Phi) is 5.76. The molecule has 1 aliphatic heterocycles. The quantitative estimate of drug-likeness (QED) is 0.643. The van der Waals surface area contributed by atoms with Crippen LogP contribution in [0.3, 0.4) is 0 Å². The van der Waals surface area contributed by atoms with Gasteiger partial charge in [0.05, 0.1) is 24.7 Å². The zero-order chi connectivity index (χ0) is 20.2. The van der Waals surface area contributed by atoms with E-state index in [2.05, 4.69) is 44.1 Å². The normalized spacial score (nSPS) is 14.9. The topological polar surface area (TPSA) is 59.3 Å². The van der Waals surface area contributed by atoms with Crippen LogP contribution in [-0.4, -0.2) is 57.4 Å². The van der Waals surface area contributed by atoms with Crippen LogP contribution in [0.15, 0.2) is 42.7 Å². The molecule has 2 aromatic heterocycles. The molecule has 29 heavy (non-hydrogen) atoms. The number of aryl methyl sites for hydroxylation is 2. The van der Waals surface area contributed by atoms with Crippen molar-refractivity contribution in [3.8, 4) is 11.6 Å². The SMILES string of the molecule is CCOc1ccc(CN2CCN(c3cncc(-n4nc(C)cc4C)n3)CC2)cc1. The Morgan fingerprint density at radius 1 is 0.966 bits per heavy atom. The number of rotatable bonds is 6. The highest BCUT2D eigenvalue weighted by molar-refractivity contribution is 5.40. The standard InChI is InChI=1S/C22H28N6O/c1-4-29-20-7-5-19(6-8-20)16-26-9-11-27(12-10-26)21-14-23-15-22(24-21)28-18(3)13-17(2)25-28/h5-8,13-15H,4,9-12,16H2,1-3H3. The molecular formula is C22H28N6O. The Morgan fingerprint density at radius 2 is 1.69 bits per heavy atom. The van der Waals surface area contributed by atoms with Crippen molar-refractivity contribution in [2.45, 2.75) is 27.3 Å². The minimum absolute atomic E-state index is 0.699. The fourth-order valence-corrected chi connectivity index (χ4v) is 3.71. The molecule has 4 rings (SSSR count). The maximum atomic E-state index is 5.52. The first-order valence-corrected chi connectivity index (χ1v) is 10.2. The van der Waals surface area contributed by atoms with Gasteiger partial charge in [0.25, 0.3) is 0 Å². The molecule has 0 N–H and O–H groups in total. The minimum atomic E-state index is 0.699. The van der Waals surface area contributed by atoms with E-state index in [9.17, 15) is 0 Å². The van der Waals surface area contributed by atoms with Crippen molar-refractivity contribution >= 4 is 5.82 Å². The highest BCUT2D eigenvalue weighted by Crippen LogP contribution is 2.18. The molecule has 0 bridgehead atoms. The summed E-state index contributed by atoms with van der Waals surface area (Å²) in [5, 5.41) is 4.52. The molecule has 1 fully saturated rings. The number of aromatic nitrogens is 4. The van der Waals surface area contributed by atoms with Gasteiger partial charge >= 0.3 is 0 Å². The van der Waals surface area contributed by atoms with Crippen LogP contribution in [0.25, 0.3) is 5.82 Å². The summed E-state index contributed by atoms with van der Waals surface area (Å²) in [5.74, 6) is 2.61. The maximum absolute atomic E-state index is 5.52. The molecule has 1 aliphatic rings. The molecule has 7 heteroatoms. The van der Waals surface area contributed by atoms with Gasteiger partial charge < -0.3 is 9.64 Å². The van der Waals surface area contributed by atoms with Crippen LogP contribution in [0.1, 0.15) is 23.9 Å². The Bertz CT molecular complexity index is 944. The first-order chi connectivity index (χ1) is 14.1. The predicted molar refractivity (Wildman–Crippen MR) is 114 cm³/mol.